The lowest BCUT2D eigenvalue weighted by Crippen LogP contribution is -2.44. The average Bonchev–Trinajstić information content (AvgIpc) is 2.37. The number of nitrogens with one attached hydrogen (secondary N) is 1. The smallest absolute Gasteiger partial charge is 0.465 e. The van der Waals surface area contributed by atoms with E-state index in [0.717, 1.165) is 0 Å². The van der Waals surface area contributed by atoms with Crippen LogP contribution in [-0.4, -0.2) is 40.7 Å². The first kappa shape index (κ1) is 27.1. The van der Waals surface area contributed by atoms with Gasteiger partial charge in [0.15, 0.2) is 0 Å². The molecule has 0 bridgehead atoms. The summed E-state index contributed by atoms with van der Waals surface area (Å²) in [7, 11) is -10.8. The highest BCUT2D eigenvalue weighted by Gasteiger charge is 2.49. The zero-order valence-corrected chi connectivity index (χ0v) is 18.9. The SMILES string of the molecule is CC(C)(C)CC(C)(C(=O)OCCCS(=O)(=O)NS(=O)(=O)C(F)(F)F)C(C)(C)C. The molecule has 0 aliphatic rings. The van der Waals surface area contributed by atoms with Gasteiger partial charge in [-0.3, -0.25) is 4.79 Å². The van der Waals surface area contributed by atoms with Gasteiger partial charge in [0, 0.05) is 0 Å². The molecule has 1 atom stereocenters. The van der Waals surface area contributed by atoms with Crippen molar-refractivity contribution in [2.24, 2.45) is 16.2 Å². The van der Waals surface area contributed by atoms with E-state index in [0.29, 0.717) is 10.5 Å². The Balaban J connectivity index is 4.97. The summed E-state index contributed by atoms with van der Waals surface area (Å²) in [6.45, 7) is 12.9. The molecule has 0 spiro atoms. The van der Waals surface area contributed by atoms with Crippen molar-refractivity contribution >= 4 is 26.0 Å². The van der Waals surface area contributed by atoms with Crippen LogP contribution in [0.15, 0.2) is 0 Å². The number of ether oxygens (including phenoxy) is 1. The molecule has 0 saturated heterocycles. The fourth-order valence-corrected chi connectivity index (χ4v) is 5.08. The van der Waals surface area contributed by atoms with Crippen LogP contribution >= 0.6 is 0 Å². The summed E-state index contributed by atoms with van der Waals surface area (Å²) < 4.78 is 87.4. The second-order valence-corrected chi connectivity index (χ2v) is 12.9. The Bertz CT molecular complexity index is 762. The second kappa shape index (κ2) is 8.47. The summed E-state index contributed by atoms with van der Waals surface area (Å²) in [5.41, 5.74) is -7.29. The minimum atomic E-state index is -6.02. The van der Waals surface area contributed by atoms with Crippen molar-refractivity contribution < 1.29 is 39.5 Å². The van der Waals surface area contributed by atoms with E-state index in [1.165, 1.54) is 0 Å². The zero-order chi connectivity index (χ0) is 22.8. The van der Waals surface area contributed by atoms with Crippen LogP contribution in [0.2, 0.25) is 0 Å². The van der Waals surface area contributed by atoms with Crippen LogP contribution in [-0.2, 0) is 29.6 Å². The number of hydrogen-bond donors (Lipinski definition) is 1. The molecule has 0 aromatic heterocycles. The maximum absolute atomic E-state index is 12.6. The average molecular weight is 454 g/mol. The Kier molecular flexibility index (Phi) is 8.20. The molecule has 0 saturated carbocycles. The van der Waals surface area contributed by atoms with Gasteiger partial charge in [0.2, 0.25) is 10.0 Å². The second-order valence-electron chi connectivity index (χ2n) is 9.16. The molecule has 12 heteroatoms. The van der Waals surface area contributed by atoms with Crippen LogP contribution in [0.25, 0.3) is 0 Å². The molecule has 0 aromatic rings. The Labute approximate surface area is 165 Å². The van der Waals surface area contributed by atoms with Crippen LogP contribution in [0.1, 0.15) is 61.3 Å². The molecule has 7 nitrogen and oxygen atoms in total. The highest BCUT2D eigenvalue weighted by molar-refractivity contribution is 8.05. The lowest BCUT2D eigenvalue weighted by molar-refractivity contribution is -0.164. The van der Waals surface area contributed by atoms with Crippen LogP contribution in [0.5, 0.6) is 0 Å². The quantitative estimate of drug-likeness (QED) is 0.447. The number of carbonyl (C=O) groups excluding carboxylic acids is 1. The third-order valence-corrected chi connectivity index (χ3v) is 7.65. The Morgan fingerprint density at radius 2 is 1.39 bits per heavy atom. The normalized spacial score (nSPS) is 16.5. The fourth-order valence-electron chi connectivity index (χ4n) is 2.53. The lowest BCUT2D eigenvalue weighted by atomic mass is 9.61. The van der Waals surface area contributed by atoms with Crippen molar-refractivity contribution in [1.82, 2.24) is 4.13 Å². The highest BCUT2D eigenvalue weighted by atomic mass is 32.3. The molecule has 0 radical (unpaired) electrons. The number of rotatable bonds is 8. The Morgan fingerprint density at radius 1 is 0.929 bits per heavy atom. The van der Waals surface area contributed by atoms with Crippen LogP contribution < -0.4 is 4.13 Å². The minimum Gasteiger partial charge on any atom is -0.465 e. The lowest BCUT2D eigenvalue weighted by Gasteiger charge is -2.43. The monoisotopic (exact) mass is 453 g/mol. The first-order valence-corrected chi connectivity index (χ1v) is 11.7. The number of alkyl halides is 3. The molecule has 168 valence electrons. The molecule has 1 N–H and O–H groups in total. The summed E-state index contributed by atoms with van der Waals surface area (Å²) >= 11 is 0. The molecular formula is C16H30F3NO6S2. The highest BCUT2D eigenvalue weighted by Crippen LogP contribution is 2.47. The molecule has 1 unspecified atom stereocenters. The largest absolute Gasteiger partial charge is 0.512 e. The summed E-state index contributed by atoms with van der Waals surface area (Å²) in [4.78, 5) is 12.6. The van der Waals surface area contributed by atoms with E-state index in [2.05, 4.69) is 0 Å². The van der Waals surface area contributed by atoms with E-state index in [4.69, 9.17) is 4.74 Å². The van der Waals surface area contributed by atoms with Gasteiger partial charge < -0.3 is 4.74 Å². The van der Waals surface area contributed by atoms with Crippen molar-refractivity contribution in [2.45, 2.75) is 66.8 Å². The van der Waals surface area contributed by atoms with E-state index >= 15 is 0 Å². The van der Waals surface area contributed by atoms with Gasteiger partial charge in [0.25, 0.3) is 0 Å². The molecule has 0 aromatic carbocycles. The van der Waals surface area contributed by atoms with E-state index in [9.17, 15) is 34.8 Å². The predicted molar refractivity (Wildman–Crippen MR) is 99.1 cm³/mol. The van der Waals surface area contributed by atoms with Crippen LogP contribution in [0.3, 0.4) is 0 Å². The van der Waals surface area contributed by atoms with Crippen LogP contribution in [0, 0.1) is 16.2 Å². The minimum absolute atomic E-state index is 0.194. The molecule has 0 heterocycles. The van der Waals surface area contributed by atoms with Crippen molar-refractivity contribution in [3.63, 3.8) is 0 Å². The molecular weight excluding hydrogens is 423 g/mol. The van der Waals surface area contributed by atoms with Crippen molar-refractivity contribution in [1.29, 1.82) is 0 Å². The third-order valence-electron chi connectivity index (χ3n) is 4.32. The summed E-state index contributed by atoms with van der Waals surface area (Å²) in [5, 5.41) is 0. The number of carbonyl (C=O) groups is 1. The fraction of sp³-hybridized carbons (Fsp3) is 0.938. The number of esters is 1. The number of hydrogen-bond acceptors (Lipinski definition) is 6. The van der Waals surface area contributed by atoms with E-state index in [-0.39, 0.29) is 18.4 Å². The van der Waals surface area contributed by atoms with Gasteiger partial charge in [-0.05, 0) is 30.6 Å². The third kappa shape index (κ3) is 7.86. The van der Waals surface area contributed by atoms with Gasteiger partial charge in [-0.1, -0.05) is 41.5 Å². The van der Waals surface area contributed by atoms with Crippen molar-refractivity contribution in [3.8, 4) is 0 Å². The van der Waals surface area contributed by atoms with Gasteiger partial charge in [0.05, 0.1) is 17.8 Å². The molecule has 0 fully saturated rings. The maximum atomic E-state index is 12.6. The standard InChI is InChI=1S/C16H30F3NO6S2/c1-13(2,3)11-15(7,14(4,5)6)12(21)26-9-8-10-27(22,23)20-28(24,25)16(17,18)19/h20H,8-11H2,1-7H3. The zero-order valence-electron chi connectivity index (χ0n) is 17.2. The van der Waals surface area contributed by atoms with Gasteiger partial charge in [-0.2, -0.15) is 13.2 Å². The summed E-state index contributed by atoms with van der Waals surface area (Å²) in [6.07, 6.45) is 0.135. The van der Waals surface area contributed by atoms with Crippen LogP contribution in [0.4, 0.5) is 13.2 Å². The van der Waals surface area contributed by atoms with Crippen molar-refractivity contribution in [3.05, 3.63) is 0 Å². The molecule has 0 rings (SSSR count). The van der Waals surface area contributed by atoms with E-state index in [1.54, 1.807) is 6.92 Å². The first-order valence-electron chi connectivity index (χ1n) is 8.54. The van der Waals surface area contributed by atoms with Gasteiger partial charge in [-0.25, -0.2) is 16.8 Å². The van der Waals surface area contributed by atoms with Crippen molar-refractivity contribution in [2.75, 3.05) is 12.4 Å². The van der Waals surface area contributed by atoms with Gasteiger partial charge in [0.1, 0.15) is 0 Å². The molecule has 0 aliphatic carbocycles. The van der Waals surface area contributed by atoms with E-state index < -0.39 is 48.1 Å². The summed E-state index contributed by atoms with van der Waals surface area (Å²) in [6, 6.07) is 0. The molecule has 0 amide bonds. The predicted octanol–water partition coefficient (Wildman–Crippen LogP) is 3.18. The maximum Gasteiger partial charge on any atom is 0.512 e. The Morgan fingerprint density at radius 3 is 1.75 bits per heavy atom. The van der Waals surface area contributed by atoms with E-state index in [1.807, 2.05) is 41.5 Å². The topological polar surface area (TPSA) is 107 Å². The Hall–Kier alpha value is -0.880. The summed E-state index contributed by atoms with van der Waals surface area (Å²) in [5.74, 6) is -1.50. The van der Waals surface area contributed by atoms with Gasteiger partial charge in [-0.15, -0.1) is 4.13 Å². The van der Waals surface area contributed by atoms with Gasteiger partial charge >= 0.3 is 21.5 Å². The molecule has 28 heavy (non-hydrogen) atoms. The first-order chi connectivity index (χ1) is 12.0. The number of sulfonamides is 2. The molecule has 0 aliphatic heterocycles. The number of halogens is 3.